The number of carboxylic acids is 1. The molecule has 0 bridgehead atoms. The summed E-state index contributed by atoms with van der Waals surface area (Å²) in [5.41, 5.74) is 0. The summed E-state index contributed by atoms with van der Waals surface area (Å²) in [6.45, 7) is 1.41. The molecule has 0 aliphatic heterocycles. The number of rotatable bonds is 4. The average Bonchev–Trinajstić information content (AvgIpc) is 2.65. The lowest BCUT2D eigenvalue weighted by molar-refractivity contribution is -0.138. The van der Waals surface area contributed by atoms with E-state index in [0.717, 1.165) is 0 Å². The highest BCUT2D eigenvalue weighted by Gasteiger charge is 2.16. The summed E-state index contributed by atoms with van der Waals surface area (Å²) < 4.78 is 4.91. The maximum atomic E-state index is 11.5. The Hall–Kier alpha value is -1.56. The lowest BCUT2D eigenvalue weighted by Gasteiger charge is -2.07. The minimum atomic E-state index is -1.06. The smallest absolute Gasteiger partial charge is 0.325 e. The molecule has 1 aromatic heterocycles. The molecule has 0 saturated heterocycles. The van der Waals surface area contributed by atoms with Gasteiger partial charge >= 0.3 is 5.97 Å². The van der Waals surface area contributed by atoms with Crippen LogP contribution in [0.25, 0.3) is 0 Å². The van der Waals surface area contributed by atoms with Crippen LogP contribution in [0, 0.1) is 0 Å². The van der Waals surface area contributed by atoms with E-state index in [1.807, 2.05) is 0 Å². The minimum Gasteiger partial charge on any atom is -0.496 e. The molecule has 0 spiro atoms. The van der Waals surface area contributed by atoms with E-state index in [2.05, 4.69) is 5.32 Å². The predicted octanol–water partition coefficient (Wildman–Crippen LogP) is 0.960. The van der Waals surface area contributed by atoms with Crippen LogP contribution in [0.5, 0.6) is 5.75 Å². The van der Waals surface area contributed by atoms with Gasteiger partial charge in [-0.15, -0.1) is 11.3 Å². The Morgan fingerprint density at radius 1 is 1.60 bits per heavy atom. The highest BCUT2D eigenvalue weighted by molar-refractivity contribution is 7.12. The molecule has 2 N–H and O–H groups in total. The Labute approximate surface area is 90.7 Å². The van der Waals surface area contributed by atoms with Gasteiger partial charge in [-0.1, -0.05) is 0 Å². The quantitative estimate of drug-likeness (QED) is 0.806. The highest BCUT2D eigenvalue weighted by atomic mass is 32.1. The Morgan fingerprint density at radius 2 is 2.27 bits per heavy atom. The second-order valence-electron chi connectivity index (χ2n) is 2.88. The number of hydrogen-bond acceptors (Lipinski definition) is 4. The summed E-state index contributed by atoms with van der Waals surface area (Å²) in [7, 11) is 1.50. The first kappa shape index (κ1) is 11.5. The van der Waals surface area contributed by atoms with E-state index >= 15 is 0 Å². The summed E-state index contributed by atoms with van der Waals surface area (Å²) in [4.78, 5) is 22.4. The fraction of sp³-hybridized carbons (Fsp3) is 0.333. The number of carbonyl (C=O) groups excluding carboxylic acids is 1. The molecule has 1 amide bonds. The molecule has 0 aliphatic carbocycles. The number of ether oxygens (including phenoxy) is 1. The second-order valence-corrected chi connectivity index (χ2v) is 3.80. The van der Waals surface area contributed by atoms with Crippen LogP contribution < -0.4 is 10.1 Å². The van der Waals surface area contributed by atoms with Gasteiger partial charge in [0, 0.05) is 11.4 Å². The number of carbonyl (C=O) groups is 2. The standard InChI is InChI=1S/C9H11NO4S/c1-5(9(12)13)10-8(11)7-3-6(14-2)4-15-7/h3-5H,1-2H3,(H,10,11)(H,12,13)/t5-/m1/s1. The Morgan fingerprint density at radius 3 is 2.73 bits per heavy atom. The first-order chi connectivity index (χ1) is 7.04. The normalized spacial score (nSPS) is 11.9. The molecule has 1 heterocycles. The van der Waals surface area contributed by atoms with Crippen molar-refractivity contribution in [3.8, 4) is 5.75 Å². The Bertz CT molecular complexity index is 374. The number of methoxy groups -OCH3 is 1. The van der Waals surface area contributed by atoms with Gasteiger partial charge in [-0.05, 0) is 6.92 Å². The van der Waals surface area contributed by atoms with Gasteiger partial charge in [-0.3, -0.25) is 9.59 Å². The van der Waals surface area contributed by atoms with Crippen LogP contribution in [0.2, 0.25) is 0 Å². The highest BCUT2D eigenvalue weighted by Crippen LogP contribution is 2.20. The van der Waals surface area contributed by atoms with Gasteiger partial charge in [0.05, 0.1) is 12.0 Å². The minimum absolute atomic E-state index is 0.404. The van der Waals surface area contributed by atoms with Gasteiger partial charge in [-0.25, -0.2) is 0 Å². The number of amides is 1. The van der Waals surface area contributed by atoms with Crippen molar-refractivity contribution in [2.45, 2.75) is 13.0 Å². The van der Waals surface area contributed by atoms with Crippen molar-refractivity contribution in [3.05, 3.63) is 16.3 Å². The molecule has 1 atom stereocenters. The Kier molecular flexibility index (Phi) is 3.68. The zero-order valence-corrected chi connectivity index (χ0v) is 9.13. The molecular formula is C9H11NO4S. The van der Waals surface area contributed by atoms with Gasteiger partial charge in [-0.2, -0.15) is 0 Å². The SMILES string of the molecule is COc1csc(C(=O)N[C@H](C)C(=O)O)c1. The van der Waals surface area contributed by atoms with Gasteiger partial charge in [0.25, 0.3) is 5.91 Å². The average molecular weight is 229 g/mol. The van der Waals surface area contributed by atoms with Gasteiger partial charge in [0.15, 0.2) is 0 Å². The van der Waals surface area contributed by atoms with Crippen LogP contribution in [0.3, 0.4) is 0 Å². The molecule has 1 rings (SSSR count). The zero-order valence-electron chi connectivity index (χ0n) is 8.31. The van der Waals surface area contributed by atoms with Crippen molar-refractivity contribution in [2.75, 3.05) is 7.11 Å². The molecule has 15 heavy (non-hydrogen) atoms. The summed E-state index contributed by atoms with van der Waals surface area (Å²) in [5, 5.41) is 12.6. The third-order valence-corrected chi connectivity index (χ3v) is 2.66. The van der Waals surface area contributed by atoms with E-state index in [1.54, 1.807) is 11.4 Å². The molecule has 0 aromatic carbocycles. The van der Waals surface area contributed by atoms with Crippen molar-refractivity contribution in [2.24, 2.45) is 0 Å². The topological polar surface area (TPSA) is 75.6 Å². The van der Waals surface area contributed by atoms with E-state index in [-0.39, 0.29) is 0 Å². The fourth-order valence-electron chi connectivity index (χ4n) is 0.874. The van der Waals surface area contributed by atoms with Crippen molar-refractivity contribution in [1.29, 1.82) is 0 Å². The molecule has 5 nitrogen and oxygen atoms in total. The predicted molar refractivity (Wildman–Crippen MR) is 55.4 cm³/mol. The molecule has 82 valence electrons. The fourth-order valence-corrected chi connectivity index (χ4v) is 1.63. The summed E-state index contributed by atoms with van der Waals surface area (Å²) in [6.07, 6.45) is 0. The molecule has 0 aliphatic rings. The zero-order chi connectivity index (χ0) is 11.4. The van der Waals surface area contributed by atoms with Crippen LogP contribution in [-0.4, -0.2) is 30.1 Å². The third kappa shape index (κ3) is 2.95. The van der Waals surface area contributed by atoms with Crippen molar-refractivity contribution in [1.82, 2.24) is 5.32 Å². The van der Waals surface area contributed by atoms with Crippen molar-refractivity contribution in [3.63, 3.8) is 0 Å². The third-order valence-electron chi connectivity index (χ3n) is 1.75. The van der Waals surface area contributed by atoms with Crippen LogP contribution in [-0.2, 0) is 4.79 Å². The molecule has 1 aromatic rings. The van der Waals surface area contributed by atoms with E-state index < -0.39 is 17.9 Å². The monoisotopic (exact) mass is 229 g/mol. The first-order valence-electron chi connectivity index (χ1n) is 4.20. The maximum Gasteiger partial charge on any atom is 0.325 e. The first-order valence-corrected chi connectivity index (χ1v) is 5.08. The number of carboxylic acid groups (broad SMARTS) is 1. The molecule has 6 heteroatoms. The van der Waals surface area contributed by atoms with Crippen molar-refractivity contribution >= 4 is 23.2 Å². The molecule has 0 unspecified atom stereocenters. The molecule has 0 saturated carbocycles. The summed E-state index contributed by atoms with van der Waals surface area (Å²) >= 11 is 1.21. The number of hydrogen-bond donors (Lipinski definition) is 2. The van der Waals surface area contributed by atoms with Gasteiger partial charge in [0.2, 0.25) is 0 Å². The lowest BCUT2D eigenvalue weighted by atomic mass is 10.3. The maximum absolute atomic E-state index is 11.5. The van der Waals surface area contributed by atoms with Crippen LogP contribution >= 0.6 is 11.3 Å². The number of thiophene rings is 1. The van der Waals surface area contributed by atoms with Gasteiger partial charge in [0.1, 0.15) is 11.8 Å². The largest absolute Gasteiger partial charge is 0.496 e. The van der Waals surface area contributed by atoms with Crippen LogP contribution in [0.4, 0.5) is 0 Å². The van der Waals surface area contributed by atoms with E-state index in [4.69, 9.17) is 9.84 Å². The van der Waals surface area contributed by atoms with E-state index in [1.165, 1.54) is 25.4 Å². The molecular weight excluding hydrogens is 218 g/mol. The molecule has 0 fully saturated rings. The van der Waals surface area contributed by atoms with Gasteiger partial charge < -0.3 is 15.2 Å². The van der Waals surface area contributed by atoms with E-state index in [9.17, 15) is 9.59 Å². The second kappa shape index (κ2) is 4.79. The number of aliphatic carboxylic acids is 1. The Balaban J connectivity index is 2.65. The lowest BCUT2D eigenvalue weighted by Crippen LogP contribution is -2.37. The molecule has 0 radical (unpaired) electrons. The van der Waals surface area contributed by atoms with E-state index in [0.29, 0.717) is 10.6 Å². The van der Waals surface area contributed by atoms with Crippen molar-refractivity contribution < 1.29 is 19.4 Å². The van der Waals surface area contributed by atoms with Crippen LogP contribution in [0.15, 0.2) is 11.4 Å². The van der Waals surface area contributed by atoms with Crippen LogP contribution in [0.1, 0.15) is 16.6 Å². The summed E-state index contributed by atoms with van der Waals surface area (Å²) in [6, 6.07) is 0.666. The summed E-state index contributed by atoms with van der Waals surface area (Å²) in [5.74, 6) is -0.877. The number of nitrogens with one attached hydrogen (secondary N) is 1.